The summed E-state index contributed by atoms with van der Waals surface area (Å²) < 4.78 is 7.43. The van der Waals surface area contributed by atoms with Crippen molar-refractivity contribution in [3.05, 3.63) is 290 Å². The minimum Gasteiger partial charge on any atom is -0.310 e. The van der Waals surface area contributed by atoms with E-state index in [0.717, 1.165) is 0 Å². The Bertz CT molecular complexity index is 4960. The highest BCUT2D eigenvalue weighted by molar-refractivity contribution is 6.99. The van der Waals surface area contributed by atoms with Crippen LogP contribution in [-0.2, 0) is 0 Å². The summed E-state index contributed by atoms with van der Waals surface area (Å²) in [5.74, 6) is 0. The van der Waals surface area contributed by atoms with Crippen molar-refractivity contribution in [1.82, 2.24) is 13.7 Å². The first-order chi connectivity index (χ1) is 40.0. The number of rotatable bonds is 3. The summed E-state index contributed by atoms with van der Waals surface area (Å²) in [4.78, 5) is 0. The Balaban J connectivity index is 0.000000100. The first kappa shape index (κ1) is 47.3. The summed E-state index contributed by atoms with van der Waals surface area (Å²) >= 11 is 0. The molecule has 3 aromatic heterocycles. The summed E-state index contributed by atoms with van der Waals surface area (Å²) in [6.07, 6.45) is 0. The van der Waals surface area contributed by atoms with Crippen molar-refractivity contribution in [3.63, 3.8) is 0 Å². The Hall–Kier alpha value is -9.77. The number of aryl methyl sites for hydroxylation is 3. The molecule has 15 aromatic rings. The van der Waals surface area contributed by atoms with Crippen LogP contribution in [0.4, 0.5) is 0 Å². The van der Waals surface area contributed by atoms with Gasteiger partial charge in [0.1, 0.15) is 0 Å². The second-order valence-corrected chi connectivity index (χ2v) is 22.5. The number of aromatic nitrogens is 3. The van der Waals surface area contributed by atoms with Crippen LogP contribution in [0.5, 0.6) is 0 Å². The maximum atomic E-state index is 2.49. The fourth-order valence-corrected chi connectivity index (χ4v) is 14.5. The molecule has 3 aliphatic rings. The van der Waals surface area contributed by atoms with Gasteiger partial charge in [0.25, 0.3) is 0 Å². The van der Waals surface area contributed by atoms with E-state index in [0.29, 0.717) is 0 Å². The van der Waals surface area contributed by atoms with E-state index in [1.54, 1.807) is 0 Å². The van der Waals surface area contributed by atoms with Crippen LogP contribution in [0.1, 0.15) is 16.7 Å². The number of fused-ring (bicyclic) bond motifs is 15. The van der Waals surface area contributed by atoms with Crippen molar-refractivity contribution >= 4 is 135 Å². The molecule has 18 rings (SSSR count). The van der Waals surface area contributed by atoms with E-state index < -0.39 is 0 Å². The lowest BCUT2D eigenvalue weighted by molar-refractivity contribution is 1.16. The average Bonchev–Trinajstić information content (AvgIpc) is 2.67. The third-order valence-corrected chi connectivity index (χ3v) is 17.8. The molecule has 6 heterocycles. The molecule has 0 atom stereocenters. The van der Waals surface area contributed by atoms with Crippen molar-refractivity contribution in [1.29, 1.82) is 0 Å². The van der Waals surface area contributed by atoms with E-state index in [1.165, 1.54) is 148 Å². The van der Waals surface area contributed by atoms with Gasteiger partial charge in [0.05, 0.1) is 16.6 Å². The number of hydrogen-bond acceptors (Lipinski definition) is 0. The molecule has 0 bridgehead atoms. The van der Waals surface area contributed by atoms with E-state index in [-0.39, 0.29) is 20.1 Å². The third-order valence-electron chi connectivity index (χ3n) is 17.8. The van der Waals surface area contributed by atoms with Crippen LogP contribution in [0, 0.1) is 20.8 Å². The standard InChI is InChI=1S/3C25H18BN/c1-17-9-7-14-21-24(17)27-23-16-6-5-12-19(23)20-13-8-15-22(25(20)27)26(21)18-10-3-2-4-11-18;1-17-14-15-21-24(16-17)27-23-13-6-5-10-19(23)20-11-7-12-22(25(20)27)26(21)18-8-3-2-4-9-18;1-17-14-15-24-22(16-17)26(18-8-3-2-4-9-18)21-12-7-11-20-19-10-5-6-13-23(19)27(24)25(20)21/h3*2-16H,1H3. The Morgan fingerprint density at radius 2 is 0.617 bits per heavy atom. The molecule has 81 heavy (non-hydrogen) atoms. The predicted molar refractivity (Wildman–Crippen MR) is 350 cm³/mol. The Labute approximate surface area is 473 Å². The highest BCUT2D eigenvalue weighted by Crippen LogP contribution is 2.37. The fraction of sp³-hybridized carbons (Fsp3) is 0.0400. The summed E-state index contributed by atoms with van der Waals surface area (Å²) in [5, 5.41) is 8.02. The zero-order valence-corrected chi connectivity index (χ0v) is 45.6. The van der Waals surface area contributed by atoms with Gasteiger partial charge in [-0.2, -0.15) is 0 Å². The number of nitrogens with zero attached hydrogens (tertiary/aromatic N) is 3. The lowest BCUT2D eigenvalue weighted by Gasteiger charge is -2.28. The Morgan fingerprint density at radius 1 is 0.247 bits per heavy atom. The smallest absolute Gasteiger partial charge is 0.246 e. The van der Waals surface area contributed by atoms with Crippen LogP contribution in [0.15, 0.2) is 273 Å². The second-order valence-electron chi connectivity index (χ2n) is 22.5. The molecule has 0 amide bonds. The second kappa shape index (κ2) is 18.7. The molecule has 0 unspecified atom stereocenters. The van der Waals surface area contributed by atoms with Gasteiger partial charge < -0.3 is 13.7 Å². The van der Waals surface area contributed by atoms with Crippen LogP contribution in [0.3, 0.4) is 0 Å². The summed E-state index contributed by atoms with van der Waals surface area (Å²) in [5.41, 5.74) is 28.2. The molecule has 0 fully saturated rings. The van der Waals surface area contributed by atoms with Gasteiger partial charge in [-0.3, -0.25) is 0 Å². The summed E-state index contributed by atoms with van der Waals surface area (Å²) in [7, 11) is 0. The van der Waals surface area contributed by atoms with E-state index in [1.807, 2.05) is 0 Å². The van der Waals surface area contributed by atoms with Crippen molar-refractivity contribution in [2.75, 3.05) is 0 Å². The molecule has 12 aromatic carbocycles. The van der Waals surface area contributed by atoms with Gasteiger partial charge in [-0.15, -0.1) is 0 Å². The van der Waals surface area contributed by atoms with E-state index >= 15 is 0 Å². The maximum Gasteiger partial charge on any atom is 0.246 e. The van der Waals surface area contributed by atoms with Gasteiger partial charge in [-0.1, -0.05) is 265 Å². The van der Waals surface area contributed by atoms with Gasteiger partial charge in [-0.25, -0.2) is 0 Å². The lowest BCUT2D eigenvalue weighted by atomic mass is 9.35. The molecular formula is C75H54B3N3. The van der Waals surface area contributed by atoms with E-state index in [9.17, 15) is 0 Å². The molecule has 0 N–H and O–H groups in total. The lowest BCUT2D eigenvalue weighted by Crippen LogP contribution is -2.56. The largest absolute Gasteiger partial charge is 0.310 e. The first-order valence-electron chi connectivity index (χ1n) is 28.5. The molecule has 0 saturated carbocycles. The monoisotopic (exact) mass is 1030 g/mol. The van der Waals surface area contributed by atoms with Crippen LogP contribution in [-0.4, -0.2) is 33.8 Å². The van der Waals surface area contributed by atoms with Gasteiger partial charge in [0, 0.05) is 65.9 Å². The zero-order chi connectivity index (χ0) is 53.9. The topological polar surface area (TPSA) is 14.8 Å². The fourth-order valence-electron chi connectivity index (χ4n) is 14.5. The van der Waals surface area contributed by atoms with Crippen molar-refractivity contribution in [2.45, 2.75) is 20.8 Å². The van der Waals surface area contributed by atoms with Gasteiger partial charge in [-0.05, 0) is 95.0 Å². The molecular weight excluding hydrogens is 975 g/mol. The highest BCUT2D eigenvalue weighted by Gasteiger charge is 2.36. The van der Waals surface area contributed by atoms with Gasteiger partial charge in [0.2, 0.25) is 20.1 Å². The van der Waals surface area contributed by atoms with E-state index in [2.05, 4.69) is 307 Å². The predicted octanol–water partition coefficient (Wildman–Crippen LogP) is 11.8. The SMILES string of the molecule is Cc1ccc2c(c1)-n1c3ccccc3c3cccc(c31)B2c1ccccc1.Cc1ccc2c(c1)B(c1ccccc1)c1cccc3c4ccccc4n-2c13.Cc1cccc2c1-n1c3ccccc3c3cccc(c31)B2c1ccccc1. The zero-order valence-electron chi connectivity index (χ0n) is 45.6. The Kier molecular flexibility index (Phi) is 10.9. The van der Waals surface area contributed by atoms with Crippen LogP contribution in [0.2, 0.25) is 0 Å². The van der Waals surface area contributed by atoms with Crippen LogP contribution >= 0.6 is 0 Å². The van der Waals surface area contributed by atoms with Crippen molar-refractivity contribution < 1.29 is 0 Å². The molecule has 3 nitrogen and oxygen atoms in total. The number of para-hydroxylation sites is 7. The van der Waals surface area contributed by atoms with Gasteiger partial charge >= 0.3 is 0 Å². The molecule has 3 aliphatic heterocycles. The minimum atomic E-state index is 0.265. The molecule has 6 heteroatoms. The first-order valence-corrected chi connectivity index (χ1v) is 28.5. The quantitative estimate of drug-likeness (QED) is 0.157. The normalized spacial score (nSPS) is 12.6. The number of hydrogen-bond donors (Lipinski definition) is 0. The van der Waals surface area contributed by atoms with Crippen LogP contribution in [0.25, 0.3) is 82.5 Å². The molecule has 378 valence electrons. The number of benzene rings is 12. The minimum absolute atomic E-state index is 0.265. The van der Waals surface area contributed by atoms with Crippen LogP contribution < -0.4 is 49.2 Å². The molecule has 0 spiro atoms. The molecule has 0 saturated heterocycles. The summed E-state index contributed by atoms with van der Waals surface area (Å²) in [6.45, 7) is 7.40. The Morgan fingerprint density at radius 3 is 1.14 bits per heavy atom. The highest BCUT2D eigenvalue weighted by atomic mass is 15.0. The molecule has 0 aliphatic carbocycles. The third kappa shape index (κ3) is 7.19. The van der Waals surface area contributed by atoms with Gasteiger partial charge in [0.15, 0.2) is 0 Å². The average molecular weight is 1030 g/mol. The molecule has 0 radical (unpaired) electrons. The summed E-state index contributed by atoms with van der Waals surface area (Å²) in [6, 6.07) is 99.9. The van der Waals surface area contributed by atoms with E-state index in [4.69, 9.17) is 0 Å². The van der Waals surface area contributed by atoms with Crippen molar-refractivity contribution in [2.24, 2.45) is 0 Å². The maximum absolute atomic E-state index is 2.49. The van der Waals surface area contributed by atoms with Crippen molar-refractivity contribution in [3.8, 4) is 17.1 Å².